The summed E-state index contributed by atoms with van der Waals surface area (Å²) in [5.74, 6) is 0.609. The molecule has 0 radical (unpaired) electrons. The molecule has 0 aliphatic carbocycles. The van der Waals surface area contributed by atoms with Crippen molar-refractivity contribution in [2.24, 2.45) is 5.92 Å². The third-order valence-corrected chi connectivity index (χ3v) is 7.79. The van der Waals surface area contributed by atoms with E-state index >= 15 is 0 Å². The summed E-state index contributed by atoms with van der Waals surface area (Å²) in [6.45, 7) is 16.2. The maximum Gasteiger partial charge on any atom is 0.412 e. The van der Waals surface area contributed by atoms with Crippen LogP contribution in [0.25, 0.3) is 11.1 Å². The molecule has 3 N–H and O–H groups in total. The maximum atomic E-state index is 12.8. The number of anilines is 4. The lowest BCUT2D eigenvalue weighted by molar-refractivity contribution is -0.117. The fourth-order valence-corrected chi connectivity index (χ4v) is 5.87. The minimum atomic E-state index is -0.770. The largest absolute Gasteiger partial charge is 0.444 e. The Hall–Kier alpha value is -4.04. The second-order valence-electron chi connectivity index (χ2n) is 13.2. The number of nitrogens with zero attached hydrogens (tertiary/aromatic N) is 2. The average molecular weight is 601 g/mol. The lowest BCUT2D eigenvalue weighted by Gasteiger charge is -2.45. The van der Waals surface area contributed by atoms with E-state index < -0.39 is 17.9 Å². The molecule has 2 amide bonds. The molecule has 1 unspecified atom stereocenters. The lowest BCUT2D eigenvalue weighted by Crippen LogP contribution is -2.47. The van der Waals surface area contributed by atoms with Gasteiger partial charge in [0, 0.05) is 42.3 Å². The molecule has 0 aromatic heterocycles. The van der Waals surface area contributed by atoms with E-state index in [1.807, 2.05) is 79.1 Å². The van der Waals surface area contributed by atoms with Gasteiger partial charge in [-0.1, -0.05) is 32.0 Å². The van der Waals surface area contributed by atoms with Crippen LogP contribution in [-0.2, 0) is 9.53 Å². The quantitative estimate of drug-likeness (QED) is 0.214. The molecular formula is C36H48N4O4. The molecule has 1 aliphatic rings. The van der Waals surface area contributed by atoms with E-state index in [0.29, 0.717) is 18.0 Å². The molecule has 44 heavy (non-hydrogen) atoms. The summed E-state index contributed by atoms with van der Waals surface area (Å²) in [5.41, 5.74) is 5.62. The molecule has 0 bridgehead atoms. The topological polar surface area (TPSA) is 94.1 Å². The standard InChI is InChI=1S/C36H48N4O4/c1-23(2)18-19-37-29-13-15-31(16-14-29)40(26(5)42)34-20-24(3)39(25(4)41)33-17-12-28(22-32(33)34)27-10-9-11-30(21-27)38-35(43)44-36(6,7)8/h9-17,21-24,26,34,37,42H,18-20H2,1-8H3,(H,38,43)/t24-,26?,34+/m0/s1. The molecule has 0 saturated heterocycles. The molecule has 3 aromatic carbocycles. The molecular weight excluding hydrogens is 552 g/mol. The molecule has 8 nitrogen and oxygen atoms in total. The number of aliphatic hydroxyl groups excluding tert-OH is 1. The van der Waals surface area contributed by atoms with E-state index in [1.165, 1.54) is 0 Å². The molecule has 1 aliphatic heterocycles. The second kappa shape index (κ2) is 13.7. The van der Waals surface area contributed by atoms with Crippen LogP contribution in [0.4, 0.5) is 27.5 Å². The van der Waals surface area contributed by atoms with Gasteiger partial charge in [-0.25, -0.2) is 4.79 Å². The van der Waals surface area contributed by atoms with Crippen LogP contribution in [0.5, 0.6) is 0 Å². The summed E-state index contributed by atoms with van der Waals surface area (Å²) in [6.07, 6.45) is 0.455. The molecule has 3 atom stereocenters. The van der Waals surface area contributed by atoms with Crippen LogP contribution in [0.1, 0.15) is 79.8 Å². The zero-order chi connectivity index (χ0) is 32.2. The van der Waals surface area contributed by atoms with E-state index in [-0.39, 0.29) is 18.0 Å². The van der Waals surface area contributed by atoms with E-state index in [1.54, 1.807) is 13.8 Å². The van der Waals surface area contributed by atoms with Crippen molar-refractivity contribution in [2.45, 2.75) is 92.1 Å². The van der Waals surface area contributed by atoms with Crippen LogP contribution in [-0.4, -0.2) is 41.5 Å². The molecule has 4 rings (SSSR count). The number of rotatable bonds is 9. The summed E-state index contributed by atoms with van der Waals surface area (Å²) in [7, 11) is 0. The Balaban J connectivity index is 1.70. The van der Waals surface area contributed by atoms with Gasteiger partial charge in [-0.2, -0.15) is 0 Å². The van der Waals surface area contributed by atoms with Crippen LogP contribution in [0.15, 0.2) is 66.7 Å². The van der Waals surface area contributed by atoms with E-state index in [2.05, 4.69) is 49.6 Å². The average Bonchev–Trinajstić information content (AvgIpc) is 2.92. The Bertz CT molecular complexity index is 1450. The highest BCUT2D eigenvalue weighted by Gasteiger charge is 2.37. The van der Waals surface area contributed by atoms with Crippen molar-refractivity contribution in [3.63, 3.8) is 0 Å². The number of hydrogen-bond donors (Lipinski definition) is 3. The third-order valence-electron chi connectivity index (χ3n) is 7.79. The molecule has 236 valence electrons. The number of carbonyl (C=O) groups excluding carboxylic acids is 2. The normalized spacial score (nSPS) is 17.1. The Kier molecular flexibility index (Phi) is 10.3. The van der Waals surface area contributed by atoms with E-state index in [4.69, 9.17) is 4.74 Å². The Morgan fingerprint density at radius 3 is 2.30 bits per heavy atom. The first-order valence-electron chi connectivity index (χ1n) is 15.6. The van der Waals surface area contributed by atoms with E-state index in [9.17, 15) is 14.7 Å². The van der Waals surface area contributed by atoms with Gasteiger partial charge in [-0.3, -0.25) is 10.1 Å². The first-order valence-corrected chi connectivity index (χ1v) is 15.6. The zero-order valence-corrected chi connectivity index (χ0v) is 27.3. The van der Waals surface area contributed by atoms with Crippen LogP contribution < -0.4 is 20.4 Å². The highest BCUT2D eigenvalue weighted by Crippen LogP contribution is 2.44. The minimum absolute atomic E-state index is 0.0195. The Morgan fingerprint density at radius 2 is 1.68 bits per heavy atom. The molecule has 0 fully saturated rings. The van der Waals surface area contributed by atoms with Crippen molar-refractivity contribution in [3.8, 4) is 11.1 Å². The van der Waals surface area contributed by atoms with Gasteiger partial charge < -0.3 is 25.0 Å². The van der Waals surface area contributed by atoms with Gasteiger partial charge in [0.25, 0.3) is 0 Å². The van der Waals surface area contributed by atoms with Crippen LogP contribution in [0, 0.1) is 5.92 Å². The maximum absolute atomic E-state index is 12.8. The van der Waals surface area contributed by atoms with Gasteiger partial charge in [0.2, 0.25) is 5.91 Å². The van der Waals surface area contributed by atoms with Crippen LogP contribution in [0.2, 0.25) is 0 Å². The summed E-state index contributed by atoms with van der Waals surface area (Å²) in [5, 5.41) is 17.5. The Labute approximate surface area is 262 Å². The number of carbonyl (C=O) groups is 2. The predicted molar refractivity (Wildman–Crippen MR) is 180 cm³/mol. The summed E-state index contributed by atoms with van der Waals surface area (Å²) < 4.78 is 5.43. The fraction of sp³-hybridized carbons (Fsp3) is 0.444. The zero-order valence-electron chi connectivity index (χ0n) is 27.3. The van der Waals surface area contributed by atoms with Gasteiger partial charge in [0.05, 0.1) is 6.04 Å². The van der Waals surface area contributed by atoms with Crippen molar-refractivity contribution in [2.75, 3.05) is 27.0 Å². The second-order valence-corrected chi connectivity index (χ2v) is 13.2. The first-order chi connectivity index (χ1) is 20.7. The molecule has 1 heterocycles. The molecule has 0 saturated carbocycles. The highest BCUT2D eigenvalue weighted by atomic mass is 16.6. The number of nitrogens with one attached hydrogen (secondary N) is 2. The SMILES string of the molecule is CC(=O)N1c2ccc(-c3cccc(NC(=O)OC(C)(C)C)c3)cc2[C@H](N(c2ccc(NCCC(C)C)cc2)C(C)O)C[C@@H]1C. The number of hydrogen-bond acceptors (Lipinski definition) is 6. The predicted octanol–water partition coefficient (Wildman–Crippen LogP) is 8.19. The molecule has 8 heteroatoms. The highest BCUT2D eigenvalue weighted by molar-refractivity contribution is 5.94. The monoisotopic (exact) mass is 600 g/mol. The summed E-state index contributed by atoms with van der Waals surface area (Å²) in [4.78, 5) is 29.1. The van der Waals surface area contributed by atoms with Crippen molar-refractivity contribution in [1.29, 1.82) is 0 Å². The van der Waals surface area contributed by atoms with Gasteiger partial charge >= 0.3 is 6.09 Å². The minimum Gasteiger partial charge on any atom is -0.444 e. The molecule has 3 aromatic rings. The van der Waals surface area contributed by atoms with Crippen molar-refractivity contribution in [1.82, 2.24) is 0 Å². The number of benzene rings is 3. The molecule has 0 spiro atoms. The fourth-order valence-electron chi connectivity index (χ4n) is 5.87. The van der Waals surface area contributed by atoms with Gasteiger partial charge in [-0.05, 0) is 119 Å². The van der Waals surface area contributed by atoms with Gasteiger partial charge in [0.15, 0.2) is 0 Å². The van der Waals surface area contributed by atoms with Gasteiger partial charge in [0.1, 0.15) is 11.8 Å². The lowest BCUT2D eigenvalue weighted by atomic mass is 9.87. The van der Waals surface area contributed by atoms with E-state index in [0.717, 1.165) is 46.7 Å². The number of aliphatic hydroxyl groups is 1. The van der Waals surface area contributed by atoms with Gasteiger partial charge in [-0.15, -0.1) is 0 Å². The smallest absolute Gasteiger partial charge is 0.412 e. The number of fused-ring (bicyclic) bond motifs is 1. The van der Waals surface area contributed by atoms with Crippen molar-refractivity contribution in [3.05, 3.63) is 72.3 Å². The van der Waals surface area contributed by atoms with Crippen LogP contribution >= 0.6 is 0 Å². The number of amides is 2. The third kappa shape index (κ3) is 8.11. The number of ether oxygens (including phenoxy) is 1. The van der Waals surface area contributed by atoms with Crippen LogP contribution in [0.3, 0.4) is 0 Å². The van der Waals surface area contributed by atoms with Crippen molar-refractivity contribution < 1.29 is 19.4 Å². The summed E-state index contributed by atoms with van der Waals surface area (Å²) >= 11 is 0. The first kappa shape index (κ1) is 32.9. The summed E-state index contributed by atoms with van der Waals surface area (Å²) in [6, 6.07) is 21.7. The Morgan fingerprint density at radius 1 is 1.00 bits per heavy atom. The van der Waals surface area contributed by atoms with Crippen molar-refractivity contribution >= 4 is 34.7 Å².